The number of nitrogens with zero attached hydrogens (tertiary/aromatic N) is 3. The second-order valence-electron chi connectivity index (χ2n) is 7.12. The van der Waals surface area contributed by atoms with Crippen LogP contribution in [0.25, 0.3) is 11.7 Å². The Morgan fingerprint density at radius 1 is 1.00 bits per heavy atom. The largest absolute Gasteiger partial charge is 0.497 e. The number of cyclic esters (lactones) is 1. The number of hydrogen-bond donors (Lipinski definition) is 0. The molecule has 7 heteroatoms. The summed E-state index contributed by atoms with van der Waals surface area (Å²) in [5.41, 5.74) is 3.49. The van der Waals surface area contributed by atoms with Crippen molar-refractivity contribution in [1.29, 1.82) is 0 Å². The highest BCUT2D eigenvalue weighted by atomic mass is 16.6. The van der Waals surface area contributed by atoms with Crippen LogP contribution in [-0.4, -0.2) is 28.4 Å². The molecule has 1 aliphatic rings. The third-order valence-corrected chi connectivity index (χ3v) is 4.94. The molecule has 0 aliphatic carbocycles. The van der Waals surface area contributed by atoms with Crippen molar-refractivity contribution in [2.75, 3.05) is 7.11 Å². The van der Waals surface area contributed by atoms with E-state index in [4.69, 9.17) is 14.2 Å². The van der Waals surface area contributed by atoms with E-state index < -0.39 is 5.97 Å². The molecule has 0 radical (unpaired) electrons. The van der Waals surface area contributed by atoms with Gasteiger partial charge in [0.1, 0.15) is 23.8 Å². The Labute approximate surface area is 184 Å². The number of rotatable bonds is 6. The Bertz CT molecular complexity index is 1300. The second kappa shape index (κ2) is 8.39. The number of ether oxygens (including phenoxy) is 3. The molecule has 5 rings (SSSR count). The van der Waals surface area contributed by atoms with E-state index in [1.807, 2.05) is 59.3 Å². The van der Waals surface area contributed by atoms with Gasteiger partial charge in [-0.3, -0.25) is 0 Å². The van der Waals surface area contributed by atoms with Gasteiger partial charge in [0.25, 0.3) is 0 Å². The molecule has 7 nitrogen and oxygen atoms in total. The van der Waals surface area contributed by atoms with Gasteiger partial charge >= 0.3 is 5.97 Å². The van der Waals surface area contributed by atoms with Crippen LogP contribution in [0.1, 0.15) is 16.8 Å². The lowest BCUT2D eigenvalue weighted by Crippen LogP contribution is -2.05. The number of carbonyl (C=O) groups is 1. The number of aromatic nitrogens is 2. The van der Waals surface area contributed by atoms with Gasteiger partial charge in [0.15, 0.2) is 5.70 Å². The van der Waals surface area contributed by atoms with Crippen molar-refractivity contribution in [2.45, 2.75) is 6.61 Å². The number of fused-ring (bicyclic) bond motifs is 1. The Kier molecular flexibility index (Phi) is 5.13. The molecule has 158 valence electrons. The summed E-state index contributed by atoms with van der Waals surface area (Å²) in [5, 5.41) is 0. The first-order valence-corrected chi connectivity index (χ1v) is 10.0. The monoisotopic (exact) mass is 425 g/mol. The van der Waals surface area contributed by atoms with Crippen LogP contribution in [0.5, 0.6) is 11.5 Å². The number of pyridine rings is 1. The third kappa shape index (κ3) is 4.09. The van der Waals surface area contributed by atoms with E-state index in [1.165, 1.54) is 0 Å². The molecule has 0 fully saturated rings. The number of imidazole rings is 1. The summed E-state index contributed by atoms with van der Waals surface area (Å²) < 4.78 is 18.2. The zero-order valence-electron chi connectivity index (χ0n) is 17.3. The summed E-state index contributed by atoms with van der Waals surface area (Å²) in [6.45, 7) is 0.365. The van der Waals surface area contributed by atoms with Gasteiger partial charge in [-0.15, -0.1) is 0 Å². The molecule has 0 atom stereocenters. The number of esters is 1. The molecule has 2 aromatic heterocycles. The van der Waals surface area contributed by atoms with Crippen LogP contribution in [0.4, 0.5) is 0 Å². The van der Waals surface area contributed by atoms with Crippen LogP contribution < -0.4 is 9.47 Å². The van der Waals surface area contributed by atoms with Crippen molar-refractivity contribution in [3.05, 3.63) is 102 Å². The molecule has 4 aromatic rings. The molecule has 2 aromatic carbocycles. The Morgan fingerprint density at radius 3 is 2.53 bits per heavy atom. The maximum absolute atomic E-state index is 12.2. The van der Waals surface area contributed by atoms with Crippen LogP contribution in [-0.2, 0) is 16.1 Å². The quantitative estimate of drug-likeness (QED) is 0.341. The van der Waals surface area contributed by atoms with E-state index in [0.717, 1.165) is 22.7 Å². The predicted molar refractivity (Wildman–Crippen MR) is 120 cm³/mol. The molecule has 0 amide bonds. The van der Waals surface area contributed by atoms with E-state index >= 15 is 0 Å². The van der Waals surface area contributed by atoms with Gasteiger partial charge in [0.2, 0.25) is 5.90 Å². The lowest BCUT2D eigenvalue weighted by atomic mass is 10.2. The van der Waals surface area contributed by atoms with Gasteiger partial charge < -0.3 is 18.6 Å². The molecule has 0 spiro atoms. The lowest BCUT2D eigenvalue weighted by molar-refractivity contribution is -0.129. The normalized spacial score (nSPS) is 14.5. The molecule has 0 unspecified atom stereocenters. The maximum atomic E-state index is 12.2. The van der Waals surface area contributed by atoms with Gasteiger partial charge in [-0.05, 0) is 60.2 Å². The number of carbonyl (C=O) groups excluding carboxylic acids is 1. The lowest BCUT2D eigenvalue weighted by Gasteiger charge is -2.04. The van der Waals surface area contributed by atoms with Crippen molar-refractivity contribution >= 4 is 23.6 Å². The predicted octanol–water partition coefficient (Wildman–Crippen LogP) is 4.27. The van der Waals surface area contributed by atoms with Crippen LogP contribution in [0.3, 0.4) is 0 Å². The summed E-state index contributed by atoms with van der Waals surface area (Å²) in [6, 6.07) is 20.4. The van der Waals surface area contributed by atoms with E-state index in [2.05, 4.69) is 9.98 Å². The molecule has 0 saturated heterocycles. The average molecular weight is 425 g/mol. The summed E-state index contributed by atoms with van der Waals surface area (Å²) in [5.74, 6) is 1.22. The van der Waals surface area contributed by atoms with Crippen molar-refractivity contribution in [3.63, 3.8) is 0 Å². The minimum atomic E-state index is -0.483. The smallest absolute Gasteiger partial charge is 0.363 e. The van der Waals surface area contributed by atoms with Gasteiger partial charge in [0.05, 0.1) is 12.8 Å². The molecular formula is C25H19N3O4. The Hall–Kier alpha value is -4.39. The fourth-order valence-electron chi connectivity index (χ4n) is 3.30. The van der Waals surface area contributed by atoms with E-state index in [1.54, 1.807) is 37.5 Å². The van der Waals surface area contributed by atoms with Gasteiger partial charge in [0, 0.05) is 18.0 Å². The zero-order chi connectivity index (χ0) is 21.9. The Morgan fingerprint density at radius 2 is 1.78 bits per heavy atom. The molecular weight excluding hydrogens is 406 g/mol. The highest BCUT2D eigenvalue weighted by Gasteiger charge is 2.24. The number of hydrogen-bond acceptors (Lipinski definition) is 6. The first-order chi connectivity index (χ1) is 15.7. The van der Waals surface area contributed by atoms with Crippen LogP contribution >= 0.6 is 0 Å². The van der Waals surface area contributed by atoms with E-state index in [9.17, 15) is 4.79 Å². The minimum Gasteiger partial charge on any atom is -0.497 e. The summed E-state index contributed by atoms with van der Waals surface area (Å²) >= 11 is 0. The summed E-state index contributed by atoms with van der Waals surface area (Å²) in [6.07, 6.45) is 5.58. The molecule has 0 saturated carbocycles. The third-order valence-electron chi connectivity index (χ3n) is 4.94. The molecule has 1 aliphatic heterocycles. The second-order valence-corrected chi connectivity index (χ2v) is 7.12. The fraction of sp³-hybridized carbons (Fsp3) is 0.0800. The van der Waals surface area contributed by atoms with Crippen LogP contribution in [0.2, 0.25) is 0 Å². The fourth-order valence-corrected chi connectivity index (χ4v) is 3.30. The number of aliphatic imine (C=N–C) groups is 1. The van der Waals surface area contributed by atoms with Gasteiger partial charge in [-0.1, -0.05) is 18.2 Å². The Balaban J connectivity index is 1.26. The van der Waals surface area contributed by atoms with E-state index in [-0.39, 0.29) is 11.6 Å². The number of benzene rings is 2. The first kappa shape index (κ1) is 19.6. The SMILES string of the molecule is COc1ccc(C2=N/C(=C\c3ccc(OCc4cn5ccccc5n4)cc3)C(=O)O2)cc1. The molecule has 0 N–H and O–H groups in total. The van der Waals surface area contributed by atoms with Gasteiger partial charge in [-0.2, -0.15) is 0 Å². The standard InChI is InChI=1S/C25H19N3O4/c1-30-20-11-7-18(8-12-20)24-27-22(25(29)32-24)14-17-5-9-21(10-6-17)31-16-19-15-28-13-3-2-4-23(28)26-19/h2-15H,16H2,1H3/b22-14-. The topological polar surface area (TPSA) is 74.4 Å². The van der Waals surface area contributed by atoms with E-state index in [0.29, 0.717) is 17.9 Å². The minimum absolute atomic E-state index is 0.245. The van der Waals surface area contributed by atoms with Crippen LogP contribution in [0.15, 0.2) is 89.8 Å². The number of methoxy groups -OCH3 is 1. The first-order valence-electron chi connectivity index (χ1n) is 10.0. The summed E-state index contributed by atoms with van der Waals surface area (Å²) in [4.78, 5) is 21.1. The van der Waals surface area contributed by atoms with Crippen molar-refractivity contribution in [3.8, 4) is 11.5 Å². The molecule has 3 heterocycles. The molecule has 0 bridgehead atoms. The molecule has 32 heavy (non-hydrogen) atoms. The van der Waals surface area contributed by atoms with Crippen LogP contribution in [0, 0.1) is 0 Å². The zero-order valence-corrected chi connectivity index (χ0v) is 17.3. The summed E-state index contributed by atoms with van der Waals surface area (Å²) in [7, 11) is 1.60. The van der Waals surface area contributed by atoms with Gasteiger partial charge in [-0.25, -0.2) is 14.8 Å². The maximum Gasteiger partial charge on any atom is 0.363 e. The van der Waals surface area contributed by atoms with Crippen molar-refractivity contribution in [2.24, 2.45) is 4.99 Å². The average Bonchev–Trinajstić information content (AvgIpc) is 3.41. The van der Waals surface area contributed by atoms with Crippen molar-refractivity contribution in [1.82, 2.24) is 9.38 Å². The van der Waals surface area contributed by atoms with Crippen molar-refractivity contribution < 1.29 is 19.0 Å². The highest BCUT2D eigenvalue weighted by molar-refractivity contribution is 6.12. The highest BCUT2D eigenvalue weighted by Crippen LogP contribution is 2.22.